The molecule has 0 fully saturated rings. The van der Waals surface area contributed by atoms with Crippen LogP contribution in [-0.4, -0.2) is 273 Å². The van der Waals surface area contributed by atoms with E-state index in [1.165, 1.54) is 42.0 Å². The normalized spacial score (nSPS) is 8.07. The number of esters is 1. The highest BCUT2D eigenvalue weighted by atomic mass is 32.2. The van der Waals surface area contributed by atoms with Crippen LogP contribution in [0.5, 0.6) is 0 Å². The highest BCUT2D eigenvalue weighted by Gasteiger charge is 2.07. The Morgan fingerprint density at radius 2 is 0.600 bits per heavy atom. The molecule has 0 aliphatic carbocycles. The summed E-state index contributed by atoms with van der Waals surface area (Å²) in [6.45, 7) is 24.7. The third kappa shape index (κ3) is 701. The van der Waals surface area contributed by atoms with Crippen LogP contribution >= 0.6 is 50.6 Å². The Hall–Kier alpha value is -1.28. The molecule has 0 aromatic rings. The van der Waals surface area contributed by atoms with Crippen LogP contribution in [0.2, 0.25) is 0 Å². The molecular formula is C57H167N7O13P2S6. The number of Topliss-reactive ketones (excluding diaryl/α,β-unsaturated/α-hetero) is 1. The number of ether oxygens (including phenoxy) is 2. The van der Waals surface area contributed by atoms with Crippen LogP contribution in [0.1, 0.15) is 166 Å². The van der Waals surface area contributed by atoms with Crippen LogP contribution in [0.4, 0.5) is 0 Å². The topological polar surface area (TPSA) is 239 Å². The second kappa shape index (κ2) is 120. The number of hydrogen-bond acceptors (Lipinski definition) is 19. The molecule has 85 heavy (non-hydrogen) atoms. The summed E-state index contributed by atoms with van der Waals surface area (Å²) >= 11 is 11.0. The van der Waals surface area contributed by atoms with Crippen LogP contribution in [-0.2, 0) is 62.4 Å². The molecule has 0 bridgehead atoms. The number of ketones is 1. The van der Waals surface area contributed by atoms with Crippen molar-refractivity contribution in [1.82, 2.24) is 23.7 Å². The number of nitrogens with zero attached hydrogens (tertiary/aromatic N) is 7. The summed E-state index contributed by atoms with van der Waals surface area (Å²) in [6, 6.07) is 0. The Morgan fingerprint density at radius 3 is 0.600 bits per heavy atom. The molecule has 28 heteroatoms. The number of methoxy groups -OCH3 is 2. The van der Waals surface area contributed by atoms with Crippen molar-refractivity contribution in [2.75, 3.05) is 191 Å². The third-order valence-electron chi connectivity index (χ3n) is 4.26. The fourth-order valence-electron chi connectivity index (χ4n) is 0.200. The van der Waals surface area contributed by atoms with E-state index in [1.54, 1.807) is 78.1 Å². The number of amidine groups is 1. The number of thiocarbonyl (C=S) groups is 2. The average Bonchev–Trinajstić information content (AvgIpc) is 3.10. The molecular weight excluding hydrogens is 1250 g/mol. The van der Waals surface area contributed by atoms with Gasteiger partial charge in [0, 0.05) is 109 Å². The Kier molecular flexibility index (Phi) is 261. The molecule has 0 aliphatic rings. The van der Waals surface area contributed by atoms with Crippen molar-refractivity contribution in [1.29, 1.82) is 0 Å². The number of sulfonamides is 1. The quantitative estimate of drug-likeness (QED) is 0.0637. The lowest BCUT2D eigenvalue weighted by Crippen LogP contribution is -2.19. The summed E-state index contributed by atoms with van der Waals surface area (Å²) in [4.78, 5) is 34.6. The van der Waals surface area contributed by atoms with Gasteiger partial charge in [0.15, 0.2) is 0 Å². The standard InChI is InChI=1S/C5H12N2.C4H12NOP.C4H9NS.C4H9N.C3H9NO2S.C3H9N.C3H6O2.C3H9OP.C3H6O.C3H6S.C2H6O3S.C2H6O2S.C2H6O.C2H6S.14CH4/c1-5(6-2)7(3)4;1-5(2)7(3,4)6;1-4(6)5(2)3;1-4(2)5-3;1-4(2)7(3,5)6;1-4(2)3;1-3(4)5-2;1-5(2,3)4;2*1-3(2)4;1-5-6(2,3)4;1-5(2,3)4;2*1-3-2;;;;;;;;;;;;;;/h2*1-4H3;1-3H3;1-3H3;1-3H3;1-3H3;1-2H3;1-3H3;2*1-2H3;1-2H3;1-2H3;2*1-2H3;14*1H4. The van der Waals surface area contributed by atoms with Crippen molar-refractivity contribution in [3.63, 3.8) is 0 Å². The molecule has 0 spiro atoms. The van der Waals surface area contributed by atoms with Crippen molar-refractivity contribution in [3.05, 3.63) is 0 Å². The molecule has 20 nitrogen and oxygen atoms in total. The van der Waals surface area contributed by atoms with Gasteiger partial charge in [-0.25, -0.2) is 21.1 Å². The molecule has 0 rings (SSSR count). The largest absolute Gasteiger partial charge is 0.469 e. The Morgan fingerprint density at radius 1 is 0.494 bits per heavy atom. The maximum absolute atomic E-state index is 10.8. The van der Waals surface area contributed by atoms with Crippen LogP contribution in [0.3, 0.4) is 0 Å². The van der Waals surface area contributed by atoms with Gasteiger partial charge in [0.1, 0.15) is 22.9 Å². The highest BCUT2D eigenvalue weighted by Crippen LogP contribution is 2.37. The number of carbonyl (C=O) groups excluding carboxylic acids is 2. The number of aliphatic imine (C=N–C) groups is 2. The lowest BCUT2D eigenvalue weighted by Gasteiger charge is -2.13. The van der Waals surface area contributed by atoms with Gasteiger partial charge in [-0.15, -0.1) is 0 Å². The fraction of sp³-hybridized carbons (Fsp3) is 0.895. The third-order valence-corrected chi connectivity index (χ3v) is 8.49. The molecule has 0 aliphatic heterocycles. The maximum Gasteiger partial charge on any atom is 0.302 e. The van der Waals surface area contributed by atoms with E-state index in [-0.39, 0.29) is 116 Å². The predicted molar refractivity (Wildman–Crippen MR) is 423 cm³/mol. The monoisotopic (exact) mass is 1410 g/mol. The van der Waals surface area contributed by atoms with Gasteiger partial charge >= 0.3 is 5.97 Å². The van der Waals surface area contributed by atoms with E-state index < -0.39 is 44.4 Å². The number of carbonyl (C=O) groups is 2. The number of thioether (sulfide) groups is 1. The van der Waals surface area contributed by atoms with Crippen molar-refractivity contribution in [2.24, 2.45) is 9.98 Å². The first-order chi connectivity index (χ1) is 30.8. The maximum atomic E-state index is 10.8. The average molecular weight is 1410 g/mol. The van der Waals surface area contributed by atoms with E-state index >= 15 is 0 Å². The van der Waals surface area contributed by atoms with Gasteiger partial charge < -0.3 is 38.1 Å². The SMILES string of the molecule is C.C.C.C.C.C.C.C.C.C.C.C.C.C.CC(=S)N(C)C.CC(C)=O.CC(C)=S.CN(C)C.CN(C)P(C)(C)=O.CN(C)S(C)(=O)=O.CN=C(C)C.CN=C(C)N(C)C.COC.COC(C)=O.COS(C)(=O)=O.CP(C)(C)=O.CS(C)(=O)=O.CSC. The number of rotatable bonds is 3. The minimum absolute atomic E-state index is 0. The molecule has 0 aromatic heterocycles. The Bertz CT molecular complexity index is 1670. The molecule has 0 atom stereocenters. The van der Waals surface area contributed by atoms with E-state index in [9.17, 15) is 44.0 Å². The molecule has 0 unspecified atom stereocenters. The zero-order valence-corrected chi connectivity index (χ0v) is 58.5. The lowest BCUT2D eigenvalue weighted by atomic mass is 10.5. The van der Waals surface area contributed by atoms with Crippen molar-refractivity contribution >= 4 is 114 Å². The van der Waals surface area contributed by atoms with Gasteiger partial charge in [-0.05, 0) is 128 Å². The van der Waals surface area contributed by atoms with Gasteiger partial charge in [-0.1, -0.05) is 128 Å². The van der Waals surface area contributed by atoms with E-state index in [4.69, 9.17) is 12.2 Å². The minimum atomic E-state index is -3.16. The predicted octanol–water partition coefficient (Wildman–Crippen LogP) is 16.2. The van der Waals surface area contributed by atoms with Gasteiger partial charge in [-0.2, -0.15) is 20.2 Å². The first kappa shape index (κ1) is 185. The first-order valence-electron chi connectivity index (χ1n) is 20.5. The van der Waals surface area contributed by atoms with Crippen molar-refractivity contribution in [3.8, 4) is 0 Å². The Balaban J connectivity index is -0.0000000157. The Labute approximate surface area is 558 Å². The summed E-state index contributed by atoms with van der Waals surface area (Å²) in [5.41, 5.74) is 1.13. The van der Waals surface area contributed by atoms with Gasteiger partial charge in [-0.3, -0.25) is 23.6 Å². The second-order valence-electron chi connectivity index (χ2n) is 16.5. The van der Waals surface area contributed by atoms with Crippen LogP contribution in [0.15, 0.2) is 9.98 Å². The van der Waals surface area contributed by atoms with E-state index in [2.05, 4.69) is 35.9 Å². The molecule has 0 saturated heterocycles. The molecule has 554 valence electrons. The zero-order chi connectivity index (χ0) is 62.1. The molecule has 0 N–H and O–H groups in total. The number of sulfone groups is 1. The van der Waals surface area contributed by atoms with Gasteiger partial charge in [0.05, 0.1) is 44.7 Å². The summed E-state index contributed by atoms with van der Waals surface area (Å²) in [6.07, 6.45) is 8.56. The van der Waals surface area contributed by atoms with E-state index in [1.807, 2.05) is 132 Å². The van der Waals surface area contributed by atoms with Gasteiger partial charge in [0.2, 0.25) is 10.0 Å². The van der Waals surface area contributed by atoms with Crippen LogP contribution < -0.4 is 0 Å². The summed E-state index contributed by atoms with van der Waals surface area (Å²) in [5, 5.41) is 0. The minimum Gasteiger partial charge on any atom is -0.469 e. The number of hydrogen-bond donors (Lipinski definition) is 0. The smallest absolute Gasteiger partial charge is 0.302 e. The second-order valence-corrected chi connectivity index (χ2v) is 32.1. The summed E-state index contributed by atoms with van der Waals surface area (Å²) < 4.78 is 95.6. The summed E-state index contributed by atoms with van der Waals surface area (Å²) in [5.74, 6) is 0.977. The molecule has 0 aromatic carbocycles. The van der Waals surface area contributed by atoms with Crippen LogP contribution in [0.25, 0.3) is 0 Å². The lowest BCUT2D eigenvalue weighted by molar-refractivity contribution is -0.138. The molecule has 0 radical (unpaired) electrons. The van der Waals surface area contributed by atoms with Crippen molar-refractivity contribution in [2.45, 2.75) is 166 Å². The molecule has 0 saturated carbocycles. The van der Waals surface area contributed by atoms with Crippen molar-refractivity contribution < 1.29 is 57.6 Å². The fourth-order valence-corrected chi connectivity index (χ4v) is 0.200. The van der Waals surface area contributed by atoms with E-state index in [0.29, 0.717) is 0 Å². The highest BCUT2D eigenvalue weighted by molar-refractivity contribution is 7.97. The first-order valence-corrected chi connectivity index (χ1v) is 34.5. The van der Waals surface area contributed by atoms with Gasteiger partial charge in [0.25, 0.3) is 10.1 Å². The molecule has 0 heterocycles. The zero-order valence-electron chi connectivity index (χ0n) is 51.8. The van der Waals surface area contributed by atoms with Crippen LogP contribution in [0, 0.1) is 0 Å². The van der Waals surface area contributed by atoms with E-state index in [0.717, 1.165) is 57.8 Å². The summed E-state index contributed by atoms with van der Waals surface area (Å²) in [7, 11) is 17.5. The molecule has 0 amide bonds.